The summed E-state index contributed by atoms with van der Waals surface area (Å²) in [5.41, 5.74) is 0.604. The molecule has 0 N–H and O–H groups in total. The van der Waals surface area contributed by atoms with E-state index in [0.29, 0.717) is 53.6 Å². The van der Waals surface area contributed by atoms with E-state index in [1.54, 1.807) is 26.0 Å². The number of benzene rings is 2. The number of carbonyl (C=O) groups excluding carboxylic acids is 2. The largest absolute Gasteiger partial charge is 0.465 e. The van der Waals surface area contributed by atoms with Gasteiger partial charge in [-0.25, -0.2) is 0 Å². The lowest BCUT2D eigenvalue weighted by molar-refractivity contribution is -0.173. The zero-order valence-electron chi connectivity index (χ0n) is 18.5. The molecule has 0 spiro atoms. The van der Waals surface area contributed by atoms with Crippen molar-refractivity contribution in [3.63, 3.8) is 0 Å². The van der Waals surface area contributed by atoms with E-state index in [4.69, 9.17) is 44.3 Å². The van der Waals surface area contributed by atoms with Gasteiger partial charge in [-0.3, -0.25) is 9.59 Å². The van der Waals surface area contributed by atoms with E-state index < -0.39 is 17.4 Å². The van der Waals surface area contributed by atoms with Crippen LogP contribution in [0.5, 0.6) is 0 Å². The molecule has 0 aliphatic rings. The highest BCUT2D eigenvalue weighted by atomic mass is 35.5. The molecule has 0 saturated heterocycles. The Labute approximate surface area is 205 Å². The summed E-state index contributed by atoms with van der Waals surface area (Å²) in [5.74, 6) is -1.07. The Morgan fingerprint density at radius 3 is 1.97 bits per heavy atom. The van der Waals surface area contributed by atoms with Gasteiger partial charge in [-0.2, -0.15) is 0 Å². The van der Waals surface area contributed by atoms with E-state index in [0.717, 1.165) is 11.1 Å². The Kier molecular flexibility index (Phi) is 10.8. The van der Waals surface area contributed by atoms with Crippen LogP contribution in [0.1, 0.15) is 50.7 Å². The van der Waals surface area contributed by atoms with Crippen LogP contribution >= 0.6 is 34.8 Å². The minimum atomic E-state index is -1.36. The second-order valence-electron chi connectivity index (χ2n) is 7.60. The van der Waals surface area contributed by atoms with Gasteiger partial charge in [0.15, 0.2) is 5.41 Å². The zero-order chi connectivity index (χ0) is 23.6. The van der Waals surface area contributed by atoms with Crippen molar-refractivity contribution in [3.8, 4) is 0 Å². The van der Waals surface area contributed by atoms with Gasteiger partial charge in [0, 0.05) is 15.1 Å². The molecule has 0 radical (unpaired) electrons. The summed E-state index contributed by atoms with van der Waals surface area (Å²) in [5, 5.41) is 1.79. The van der Waals surface area contributed by atoms with Crippen LogP contribution in [-0.4, -0.2) is 25.2 Å². The number of hydrogen-bond donors (Lipinski definition) is 0. The molecule has 0 aromatic heterocycles. The first kappa shape index (κ1) is 26.5. The third kappa shape index (κ3) is 7.40. The van der Waals surface area contributed by atoms with Crippen molar-refractivity contribution in [3.05, 3.63) is 68.7 Å². The van der Waals surface area contributed by atoms with Gasteiger partial charge in [0.05, 0.1) is 13.2 Å². The van der Waals surface area contributed by atoms with Crippen molar-refractivity contribution in [2.24, 2.45) is 5.41 Å². The number of rotatable bonds is 12. The van der Waals surface area contributed by atoms with E-state index in [1.807, 2.05) is 30.3 Å². The molecular formula is C25H29Cl3O4. The number of carbonyl (C=O) groups is 2. The summed E-state index contributed by atoms with van der Waals surface area (Å²) in [6.07, 6.45) is 3.09. The average Bonchev–Trinajstić information content (AvgIpc) is 2.74. The highest BCUT2D eigenvalue weighted by Gasteiger charge is 2.47. The Bertz CT molecular complexity index is 896. The van der Waals surface area contributed by atoms with Crippen LogP contribution in [0, 0.1) is 5.41 Å². The average molecular weight is 500 g/mol. The van der Waals surface area contributed by atoms with Crippen LogP contribution in [0.25, 0.3) is 0 Å². The predicted molar refractivity (Wildman–Crippen MR) is 129 cm³/mol. The van der Waals surface area contributed by atoms with Gasteiger partial charge in [-0.15, -0.1) is 0 Å². The van der Waals surface area contributed by atoms with Gasteiger partial charge >= 0.3 is 11.9 Å². The lowest BCUT2D eigenvalue weighted by Gasteiger charge is -2.29. The van der Waals surface area contributed by atoms with Gasteiger partial charge < -0.3 is 9.47 Å². The molecule has 0 heterocycles. The van der Waals surface area contributed by atoms with Gasteiger partial charge in [-0.1, -0.05) is 53.0 Å². The minimum Gasteiger partial charge on any atom is -0.465 e. The maximum Gasteiger partial charge on any atom is 0.323 e. The van der Waals surface area contributed by atoms with Crippen LogP contribution < -0.4 is 0 Å². The molecular weight excluding hydrogens is 471 g/mol. The molecule has 7 heteroatoms. The Hall–Kier alpha value is -1.75. The van der Waals surface area contributed by atoms with E-state index in [9.17, 15) is 9.59 Å². The number of halogens is 3. The molecule has 4 nitrogen and oxygen atoms in total. The number of aryl methyl sites for hydroxylation is 2. The molecule has 174 valence electrons. The molecule has 0 aliphatic heterocycles. The molecule has 0 atom stereocenters. The first-order valence-corrected chi connectivity index (χ1v) is 12.0. The third-order valence-corrected chi connectivity index (χ3v) is 6.18. The third-order valence-electron chi connectivity index (χ3n) is 5.36. The van der Waals surface area contributed by atoms with Crippen LogP contribution in [-0.2, 0) is 31.9 Å². The summed E-state index contributed by atoms with van der Waals surface area (Å²) in [6, 6.07) is 12.9. The fourth-order valence-corrected chi connectivity index (χ4v) is 4.46. The van der Waals surface area contributed by atoms with Crippen LogP contribution in [0.4, 0.5) is 0 Å². The summed E-state index contributed by atoms with van der Waals surface area (Å²) < 4.78 is 10.7. The number of hydrogen-bond acceptors (Lipinski definition) is 4. The molecule has 0 bridgehead atoms. The van der Waals surface area contributed by atoms with Gasteiger partial charge in [-0.05, 0) is 87.8 Å². The SMILES string of the molecule is CCOC(=O)C(CCCc1cccc(Cl)c1)(CCCc1ccc(Cl)cc1Cl)C(=O)OCC. The summed E-state index contributed by atoms with van der Waals surface area (Å²) in [7, 11) is 0. The Balaban J connectivity index is 2.19. The smallest absolute Gasteiger partial charge is 0.323 e. The van der Waals surface area contributed by atoms with Crippen LogP contribution in [0.15, 0.2) is 42.5 Å². The topological polar surface area (TPSA) is 52.6 Å². The molecule has 0 fully saturated rings. The fourth-order valence-electron chi connectivity index (χ4n) is 3.75. The van der Waals surface area contributed by atoms with Crippen molar-refractivity contribution in [2.45, 2.75) is 52.4 Å². The summed E-state index contributed by atoms with van der Waals surface area (Å²) in [4.78, 5) is 26.1. The molecule has 32 heavy (non-hydrogen) atoms. The van der Waals surface area contributed by atoms with Crippen molar-refractivity contribution < 1.29 is 19.1 Å². The molecule has 0 saturated carbocycles. The maximum atomic E-state index is 13.0. The molecule has 0 aliphatic carbocycles. The van der Waals surface area contributed by atoms with E-state index in [-0.39, 0.29) is 13.2 Å². The standard InChI is InChI=1S/C25H29Cl3O4/c1-3-31-23(29)25(24(30)32-4-2,14-6-9-18-8-5-11-20(26)16-18)15-7-10-19-12-13-21(27)17-22(19)28/h5,8,11-13,16-17H,3-4,6-7,9-10,14-15H2,1-2H3. The second kappa shape index (κ2) is 13.1. The lowest BCUT2D eigenvalue weighted by Crippen LogP contribution is -2.42. The monoisotopic (exact) mass is 498 g/mol. The Morgan fingerprint density at radius 2 is 1.41 bits per heavy atom. The van der Waals surface area contributed by atoms with Crippen LogP contribution in [0.3, 0.4) is 0 Å². The molecule has 2 rings (SSSR count). The normalized spacial score (nSPS) is 11.3. The highest BCUT2D eigenvalue weighted by molar-refractivity contribution is 6.35. The van der Waals surface area contributed by atoms with E-state index >= 15 is 0 Å². The van der Waals surface area contributed by atoms with Crippen molar-refractivity contribution in [1.82, 2.24) is 0 Å². The molecule has 0 unspecified atom stereocenters. The van der Waals surface area contributed by atoms with Crippen molar-refractivity contribution in [1.29, 1.82) is 0 Å². The van der Waals surface area contributed by atoms with Gasteiger partial charge in [0.2, 0.25) is 0 Å². The first-order chi connectivity index (χ1) is 15.3. The molecule has 2 aromatic carbocycles. The predicted octanol–water partition coefficient (Wildman–Crippen LogP) is 7.11. The highest BCUT2D eigenvalue weighted by Crippen LogP contribution is 2.35. The lowest BCUT2D eigenvalue weighted by atomic mass is 9.77. The second-order valence-corrected chi connectivity index (χ2v) is 8.88. The number of ether oxygens (including phenoxy) is 2. The number of esters is 2. The molecule has 0 amide bonds. The summed E-state index contributed by atoms with van der Waals surface area (Å²) >= 11 is 18.3. The first-order valence-electron chi connectivity index (χ1n) is 10.8. The van der Waals surface area contributed by atoms with Crippen LogP contribution in [0.2, 0.25) is 15.1 Å². The van der Waals surface area contributed by atoms with Crippen molar-refractivity contribution in [2.75, 3.05) is 13.2 Å². The zero-order valence-corrected chi connectivity index (χ0v) is 20.7. The van der Waals surface area contributed by atoms with E-state index in [1.165, 1.54) is 0 Å². The van der Waals surface area contributed by atoms with Gasteiger partial charge in [0.25, 0.3) is 0 Å². The van der Waals surface area contributed by atoms with Crippen molar-refractivity contribution >= 4 is 46.7 Å². The molecule has 2 aromatic rings. The van der Waals surface area contributed by atoms with Gasteiger partial charge in [0.1, 0.15) is 0 Å². The summed E-state index contributed by atoms with van der Waals surface area (Å²) in [6.45, 7) is 3.84. The Morgan fingerprint density at radius 1 is 0.812 bits per heavy atom. The van der Waals surface area contributed by atoms with E-state index in [2.05, 4.69) is 0 Å². The quantitative estimate of drug-likeness (QED) is 0.231. The maximum absolute atomic E-state index is 13.0. The fraction of sp³-hybridized carbons (Fsp3) is 0.440. The minimum absolute atomic E-state index is 0.192.